The molecule has 0 bridgehead atoms. The van der Waals surface area contributed by atoms with Gasteiger partial charge < -0.3 is 9.64 Å². The number of amides is 1. The van der Waals surface area contributed by atoms with Crippen LogP contribution in [0.1, 0.15) is 34.5 Å². The summed E-state index contributed by atoms with van der Waals surface area (Å²) in [6, 6.07) is 11.8. The normalized spacial score (nSPS) is 13.4. The van der Waals surface area contributed by atoms with E-state index in [9.17, 15) is 18.4 Å². The molecule has 1 aromatic heterocycles. The Balaban J connectivity index is 1.57. The number of pyridine rings is 1. The number of halogens is 3. The van der Waals surface area contributed by atoms with Gasteiger partial charge in [0.15, 0.2) is 0 Å². The lowest BCUT2D eigenvalue weighted by Gasteiger charge is -2.17. The predicted molar refractivity (Wildman–Crippen MR) is 120 cm³/mol. The molecule has 0 atom stereocenters. The number of nitrogens with zero attached hydrogens (tertiary/aromatic N) is 2. The molecule has 4 rings (SSSR count). The van der Waals surface area contributed by atoms with E-state index in [2.05, 4.69) is 15.9 Å². The SMILES string of the molecule is Cc1cc(OCc2ccc(F)cc2F)c(Br)c(=O)n1-c1ccc(C(=O)N2CCCC2)cc1. The van der Waals surface area contributed by atoms with Crippen LogP contribution in [0.25, 0.3) is 5.69 Å². The van der Waals surface area contributed by atoms with E-state index in [1.165, 1.54) is 10.6 Å². The van der Waals surface area contributed by atoms with Crippen LogP contribution >= 0.6 is 15.9 Å². The molecule has 0 aliphatic carbocycles. The number of benzene rings is 2. The molecule has 0 N–H and O–H groups in total. The maximum absolute atomic E-state index is 13.9. The summed E-state index contributed by atoms with van der Waals surface area (Å²) in [7, 11) is 0. The fourth-order valence-electron chi connectivity index (χ4n) is 3.76. The monoisotopic (exact) mass is 502 g/mol. The lowest BCUT2D eigenvalue weighted by atomic mass is 10.1. The summed E-state index contributed by atoms with van der Waals surface area (Å²) in [4.78, 5) is 27.4. The fraction of sp³-hybridized carbons (Fsp3) is 0.250. The minimum absolute atomic E-state index is 0.00364. The molecule has 0 spiro atoms. The minimum atomic E-state index is -0.713. The molecule has 2 aromatic carbocycles. The molecule has 1 saturated heterocycles. The van der Waals surface area contributed by atoms with Crippen LogP contribution in [-0.2, 0) is 6.61 Å². The van der Waals surface area contributed by atoms with Crippen LogP contribution < -0.4 is 10.3 Å². The number of hydrogen-bond acceptors (Lipinski definition) is 3. The van der Waals surface area contributed by atoms with Gasteiger partial charge in [-0.1, -0.05) is 0 Å². The second-order valence-electron chi connectivity index (χ2n) is 7.68. The Morgan fingerprint density at radius 3 is 2.41 bits per heavy atom. The van der Waals surface area contributed by atoms with Crippen LogP contribution in [0.2, 0.25) is 0 Å². The Kier molecular flexibility index (Phi) is 6.41. The van der Waals surface area contributed by atoms with E-state index in [4.69, 9.17) is 4.74 Å². The molecule has 1 aliphatic rings. The number of ether oxygens (including phenoxy) is 1. The van der Waals surface area contributed by atoms with Gasteiger partial charge in [0.2, 0.25) is 0 Å². The Hall–Kier alpha value is -3.00. The first-order valence-corrected chi connectivity index (χ1v) is 11.0. The molecule has 8 heteroatoms. The van der Waals surface area contributed by atoms with E-state index in [-0.39, 0.29) is 33.9 Å². The van der Waals surface area contributed by atoms with E-state index in [0.717, 1.165) is 38.1 Å². The third kappa shape index (κ3) is 4.46. The Morgan fingerprint density at radius 1 is 1.06 bits per heavy atom. The Bertz CT molecular complexity index is 1220. The number of aryl methyl sites for hydroxylation is 1. The van der Waals surface area contributed by atoms with Gasteiger partial charge in [-0.15, -0.1) is 0 Å². The molecule has 166 valence electrons. The van der Waals surface area contributed by atoms with Crippen molar-refractivity contribution in [2.24, 2.45) is 0 Å². The van der Waals surface area contributed by atoms with Crippen LogP contribution in [0.15, 0.2) is 57.8 Å². The van der Waals surface area contributed by atoms with Gasteiger partial charge in [-0.3, -0.25) is 14.2 Å². The van der Waals surface area contributed by atoms with E-state index in [1.807, 2.05) is 4.90 Å². The van der Waals surface area contributed by atoms with Gasteiger partial charge >= 0.3 is 0 Å². The zero-order chi connectivity index (χ0) is 22.8. The number of carbonyl (C=O) groups is 1. The molecule has 0 radical (unpaired) electrons. The van der Waals surface area contributed by atoms with E-state index < -0.39 is 11.6 Å². The second kappa shape index (κ2) is 9.24. The van der Waals surface area contributed by atoms with E-state index in [1.54, 1.807) is 37.3 Å². The van der Waals surface area contributed by atoms with Gasteiger partial charge in [-0.25, -0.2) is 8.78 Å². The van der Waals surface area contributed by atoms with Crippen molar-refractivity contribution >= 4 is 21.8 Å². The maximum Gasteiger partial charge on any atom is 0.273 e. The highest BCUT2D eigenvalue weighted by molar-refractivity contribution is 9.10. The first-order valence-electron chi connectivity index (χ1n) is 10.2. The molecule has 3 aromatic rings. The quantitative estimate of drug-likeness (QED) is 0.493. The Labute approximate surface area is 192 Å². The predicted octanol–water partition coefficient (Wildman–Crippen LogP) is 5.00. The van der Waals surface area contributed by atoms with Gasteiger partial charge in [0.1, 0.15) is 28.5 Å². The van der Waals surface area contributed by atoms with Crippen molar-refractivity contribution in [3.63, 3.8) is 0 Å². The zero-order valence-electron chi connectivity index (χ0n) is 17.4. The molecule has 1 aliphatic heterocycles. The van der Waals surface area contributed by atoms with Crippen molar-refractivity contribution in [3.8, 4) is 11.4 Å². The topological polar surface area (TPSA) is 51.5 Å². The highest BCUT2D eigenvalue weighted by Gasteiger charge is 2.20. The van der Waals surface area contributed by atoms with Gasteiger partial charge in [0.25, 0.3) is 11.5 Å². The summed E-state index contributed by atoms with van der Waals surface area (Å²) in [5.74, 6) is -1.13. The molecule has 32 heavy (non-hydrogen) atoms. The zero-order valence-corrected chi connectivity index (χ0v) is 19.0. The second-order valence-corrected chi connectivity index (χ2v) is 8.47. The third-order valence-corrected chi connectivity index (χ3v) is 6.19. The summed E-state index contributed by atoms with van der Waals surface area (Å²) in [5, 5.41) is 0. The van der Waals surface area contributed by atoms with Crippen LogP contribution in [0.3, 0.4) is 0 Å². The van der Waals surface area contributed by atoms with Crippen LogP contribution in [0.5, 0.6) is 5.75 Å². The Morgan fingerprint density at radius 2 is 1.75 bits per heavy atom. The lowest BCUT2D eigenvalue weighted by Crippen LogP contribution is -2.27. The fourth-order valence-corrected chi connectivity index (χ4v) is 4.16. The highest BCUT2D eigenvalue weighted by Crippen LogP contribution is 2.26. The van der Waals surface area contributed by atoms with Crippen molar-refractivity contribution in [1.29, 1.82) is 0 Å². The summed E-state index contributed by atoms with van der Waals surface area (Å²) in [6.07, 6.45) is 2.04. The number of aromatic nitrogens is 1. The number of rotatable bonds is 5. The van der Waals surface area contributed by atoms with E-state index in [0.29, 0.717) is 16.9 Å². The maximum atomic E-state index is 13.9. The molecule has 5 nitrogen and oxygen atoms in total. The van der Waals surface area contributed by atoms with Crippen molar-refractivity contribution in [2.45, 2.75) is 26.4 Å². The summed E-state index contributed by atoms with van der Waals surface area (Å²) < 4.78 is 34.3. The minimum Gasteiger partial charge on any atom is -0.487 e. The van der Waals surface area contributed by atoms with Gasteiger partial charge in [-0.05, 0) is 72.1 Å². The third-order valence-electron chi connectivity index (χ3n) is 5.46. The van der Waals surface area contributed by atoms with Gasteiger partial charge in [0.05, 0.1) is 0 Å². The van der Waals surface area contributed by atoms with Crippen molar-refractivity contribution < 1.29 is 18.3 Å². The molecule has 0 saturated carbocycles. The lowest BCUT2D eigenvalue weighted by molar-refractivity contribution is 0.0793. The highest BCUT2D eigenvalue weighted by atomic mass is 79.9. The average Bonchev–Trinajstić information content (AvgIpc) is 3.31. The molecule has 1 fully saturated rings. The standard InChI is InChI=1S/C24H21BrF2N2O3/c1-15-12-21(32-14-17-4-7-18(26)13-20(17)27)22(25)24(31)29(15)19-8-5-16(6-9-19)23(30)28-10-2-3-11-28/h4-9,12-13H,2-3,10-11,14H2,1H3. The number of carbonyl (C=O) groups excluding carboxylic acids is 1. The van der Waals surface area contributed by atoms with Crippen molar-refractivity contribution in [2.75, 3.05) is 13.1 Å². The first kappa shape index (κ1) is 22.2. The molecular weight excluding hydrogens is 482 g/mol. The molecular formula is C24H21BrF2N2O3. The van der Waals surface area contributed by atoms with Crippen LogP contribution in [-0.4, -0.2) is 28.5 Å². The van der Waals surface area contributed by atoms with Gasteiger partial charge in [0, 0.05) is 47.7 Å². The molecule has 0 unspecified atom stereocenters. The molecule has 1 amide bonds. The van der Waals surface area contributed by atoms with E-state index >= 15 is 0 Å². The molecule has 2 heterocycles. The summed E-state index contributed by atoms with van der Waals surface area (Å²) in [5.41, 5.74) is 1.63. The summed E-state index contributed by atoms with van der Waals surface area (Å²) in [6.45, 7) is 3.15. The first-order chi connectivity index (χ1) is 15.3. The largest absolute Gasteiger partial charge is 0.487 e. The smallest absolute Gasteiger partial charge is 0.273 e. The van der Waals surface area contributed by atoms with Crippen molar-refractivity contribution in [1.82, 2.24) is 9.47 Å². The number of likely N-dealkylation sites (tertiary alicyclic amines) is 1. The van der Waals surface area contributed by atoms with Crippen LogP contribution in [0.4, 0.5) is 8.78 Å². The summed E-state index contributed by atoms with van der Waals surface area (Å²) >= 11 is 3.28. The number of hydrogen-bond donors (Lipinski definition) is 0. The van der Waals surface area contributed by atoms with Crippen molar-refractivity contribution in [3.05, 3.63) is 91.8 Å². The van der Waals surface area contributed by atoms with Gasteiger partial charge in [-0.2, -0.15) is 0 Å². The van der Waals surface area contributed by atoms with Crippen LogP contribution in [0, 0.1) is 18.6 Å². The average molecular weight is 503 g/mol.